The average molecular weight is 250 g/mol. The minimum Gasteiger partial charge on any atom is -0.294 e. The first-order chi connectivity index (χ1) is 8.08. The summed E-state index contributed by atoms with van der Waals surface area (Å²) in [7, 11) is 0. The van der Waals surface area contributed by atoms with Crippen LogP contribution in [-0.4, -0.2) is 15.8 Å². The maximum Gasteiger partial charge on any atom is 0.172 e. The summed E-state index contributed by atoms with van der Waals surface area (Å²) in [6, 6.07) is 1.39. The fourth-order valence-electron chi connectivity index (χ4n) is 1.45. The lowest BCUT2D eigenvalue weighted by molar-refractivity contribution is 0.0989. The van der Waals surface area contributed by atoms with Crippen molar-refractivity contribution in [3.8, 4) is 0 Å². The number of aromatic nitrogens is 2. The van der Waals surface area contributed by atoms with E-state index in [1.54, 1.807) is 0 Å². The molecule has 0 amide bonds. The second-order valence-electron chi connectivity index (χ2n) is 3.70. The number of carbonyl (C=O) groups excluding carboxylic acids is 1. The van der Waals surface area contributed by atoms with E-state index in [2.05, 4.69) is 9.97 Å². The van der Waals surface area contributed by atoms with Gasteiger partial charge in [0.25, 0.3) is 0 Å². The molecule has 2 heterocycles. The molecule has 0 atom stereocenters. The van der Waals surface area contributed by atoms with Gasteiger partial charge in [0.05, 0.1) is 23.9 Å². The highest BCUT2D eigenvalue weighted by Crippen LogP contribution is 2.18. The van der Waals surface area contributed by atoms with Crippen molar-refractivity contribution in [2.24, 2.45) is 0 Å². The van der Waals surface area contributed by atoms with Crippen LogP contribution in [0.3, 0.4) is 0 Å². The van der Waals surface area contributed by atoms with Crippen molar-refractivity contribution >= 4 is 17.1 Å². The first kappa shape index (κ1) is 11.9. The summed E-state index contributed by atoms with van der Waals surface area (Å²) in [6.45, 7) is 3.85. The van der Waals surface area contributed by atoms with Crippen molar-refractivity contribution in [2.75, 3.05) is 0 Å². The summed E-state index contributed by atoms with van der Waals surface area (Å²) >= 11 is 1.47. The van der Waals surface area contributed by atoms with Crippen molar-refractivity contribution in [2.45, 2.75) is 20.3 Å². The van der Waals surface area contributed by atoms with Crippen LogP contribution in [0.25, 0.3) is 0 Å². The van der Waals surface area contributed by atoms with Gasteiger partial charge in [-0.2, -0.15) is 0 Å². The number of ketones is 1. The van der Waals surface area contributed by atoms with Gasteiger partial charge in [-0.15, -0.1) is 11.3 Å². The van der Waals surface area contributed by atoms with Gasteiger partial charge in [0, 0.05) is 11.1 Å². The molecule has 0 radical (unpaired) electrons. The molecule has 0 spiro atoms. The largest absolute Gasteiger partial charge is 0.294 e. The highest BCUT2D eigenvalue weighted by molar-refractivity contribution is 7.11. The number of hydrogen-bond acceptors (Lipinski definition) is 4. The van der Waals surface area contributed by atoms with Gasteiger partial charge in [0.1, 0.15) is 5.01 Å². The lowest BCUT2D eigenvalue weighted by Gasteiger charge is -1.99. The molecule has 5 heteroatoms. The number of thiazole rings is 1. The standard InChI is InChI=1S/C12H11FN2OS/c1-7-8(2)17-12(15-7)5-11(16)9-3-4-14-6-10(9)13/h3-4,6H,5H2,1-2H3. The first-order valence-corrected chi connectivity index (χ1v) is 5.95. The van der Waals surface area contributed by atoms with E-state index < -0.39 is 5.82 Å². The molecule has 0 aromatic carbocycles. The highest BCUT2D eigenvalue weighted by Gasteiger charge is 2.14. The van der Waals surface area contributed by atoms with Crippen LogP contribution in [0.5, 0.6) is 0 Å². The summed E-state index contributed by atoms with van der Waals surface area (Å²) < 4.78 is 13.3. The second kappa shape index (κ2) is 4.71. The maximum absolute atomic E-state index is 13.3. The minimum atomic E-state index is -0.581. The molecule has 0 unspecified atom stereocenters. The van der Waals surface area contributed by atoms with Gasteiger partial charge < -0.3 is 0 Å². The van der Waals surface area contributed by atoms with Crippen molar-refractivity contribution in [1.29, 1.82) is 0 Å². The Kier molecular flexibility index (Phi) is 3.28. The van der Waals surface area contributed by atoms with Crippen molar-refractivity contribution in [3.63, 3.8) is 0 Å². The van der Waals surface area contributed by atoms with E-state index >= 15 is 0 Å². The summed E-state index contributed by atoms with van der Waals surface area (Å²) in [5.41, 5.74) is 0.999. The Labute approximate surface area is 102 Å². The van der Waals surface area contributed by atoms with Crippen LogP contribution < -0.4 is 0 Å². The van der Waals surface area contributed by atoms with E-state index in [-0.39, 0.29) is 17.8 Å². The van der Waals surface area contributed by atoms with E-state index in [9.17, 15) is 9.18 Å². The van der Waals surface area contributed by atoms with Gasteiger partial charge in [-0.05, 0) is 19.9 Å². The predicted molar refractivity (Wildman–Crippen MR) is 63.8 cm³/mol. The summed E-state index contributed by atoms with van der Waals surface area (Å²) in [5, 5.41) is 0.723. The molecular weight excluding hydrogens is 239 g/mol. The number of Topliss-reactive ketones (excluding diaryl/α,β-unsaturated/α-hetero) is 1. The Morgan fingerprint density at radius 1 is 1.47 bits per heavy atom. The number of nitrogens with zero attached hydrogens (tertiary/aromatic N) is 2. The van der Waals surface area contributed by atoms with E-state index in [0.29, 0.717) is 0 Å². The van der Waals surface area contributed by atoms with E-state index in [1.165, 1.54) is 23.6 Å². The third-order valence-electron chi connectivity index (χ3n) is 2.46. The minimum absolute atomic E-state index is 0.0745. The van der Waals surface area contributed by atoms with Crippen LogP contribution >= 0.6 is 11.3 Å². The fraction of sp³-hybridized carbons (Fsp3) is 0.250. The van der Waals surface area contributed by atoms with E-state index in [4.69, 9.17) is 0 Å². The molecule has 0 aliphatic carbocycles. The van der Waals surface area contributed by atoms with Gasteiger partial charge >= 0.3 is 0 Å². The SMILES string of the molecule is Cc1nc(CC(=O)c2ccncc2F)sc1C. The van der Waals surface area contributed by atoms with Crippen molar-refractivity contribution in [3.05, 3.63) is 45.4 Å². The lowest BCUT2D eigenvalue weighted by Crippen LogP contribution is -2.06. The lowest BCUT2D eigenvalue weighted by atomic mass is 10.1. The Bertz CT molecular complexity index is 546. The number of pyridine rings is 1. The molecule has 88 valence electrons. The molecule has 2 aromatic heterocycles. The zero-order valence-corrected chi connectivity index (χ0v) is 10.3. The van der Waals surface area contributed by atoms with Gasteiger partial charge in [-0.3, -0.25) is 9.78 Å². The van der Waals surface area contributed by atoms with Gasteiger partial charge in [0.15, 0.2) is 11.6 Å². The Balaban J connectivity index is 2.20. The smallest absolute Gasteiger partial charge is 0.172 e. The van der Waals surface area contributed by atoms with Crippen LogP contribution in [0.2, 0.25) is 0 Å². The molecule has 2 aromatic rings. The second-order valence-corrected chi connectivity index (χ2v) is 4.99. The number of hydrogen-bond donors (Lipinski definition) is 0. The van der Waals surface area contributed by atoms with Gasteiger partial charge in [-0.1, -0.05) is 0 Å². The normalized spacial score (nSPS) is 10.5. The summed E-state index contributed by atoms with van der Waals surface area (Å²) in [4.78, 5) is 20.8. The number of rotatable bonds is 3. The van der Waals surface area contributed by atoms with Crippen LogP contribution in [-0.2, 0) is 6.42 Å². The zero-order chi connectivity index (χ0) is 12.4. The van der Waals surface area contributed by atoms with Crippen molar-refractivity contribution < 1.29 is 9.18 Å². The molecule has 0 aliphatic heterocycles. The molecular formula is C12H11FN2OS. The number of carbonyl (C=O) groups is 1. The van der Waals surface area contributed by atoms with Crippen molar-refractivity contribution in [1.82, 2.24) is 9.97 Å². The van der Waals surface area contributed by atoms with Crippen LogP contribution in [0.15, 0.2) is 18.5 Å². The first-order valence-electron chi connectivity index (χ1n) is 5.13. The molecule has 0 N–H and O–H groups in total. The Morgan fingerprint density at radius 3 is 2.82 bits per heavy atom. The summed E-state index contributed by atoms with van der Waals surface area (Å²) in [6.07, 6.45) is 2.60. The highest BCUT2D eigenvalue weighted by atomic mass is 32.1. The molecule has 3 nitrogen and oxygen atoms in total. The molecule has 17 heavy (non-hydrogen) atoms. The van der Waals surface area contributed by atoms with Gasteiger partial charge in [0.2, 0.25) is 0 Å². The van der Waals surface area contributed by atoms with Crippen LogP contribution in [0.1, 0.15) is 25.9 Å². The third-order valence-corrected chi connectivity index (χ3v) is 3.53. The molecule has 0 saturated carbocycles. The quantitative estimate of drug-likeness (QED) is 0.787. The van der Waals surface area contributed by atoms with Crippen LogP contribution in [0.4, 0.5) is 4.39 Å². The van der Waals surface area contributed by atoms with E-state index in [1.807, 2.05) is 13.8 Å². The number of halogens is 1. The summed E-state index contributed by atoms with van der Waals surface area (Å²) in [5.74, 6) is -0.846. The zero-order valence-electron chi connectivity index (χ0n) is 9.53. The average Bonchev–Trinajstić information content (AvgIpc) is 2.58. The number of aryl methyl sites for hydroxylation is 2. The van der Waals surface area contributed by atoms with Gasteiger partial charge in [-0.25, -0.2) is 9.37 Å². The fourth-order valence-corrected chi connectivity index (χ4v) is 2.38. The molecule has 0 bridgehead atoms. The molecule has 0 fully saturated rings. The topological polar surface area (TPSA) is 42.9 Å². The predicted octanol–water partition coefficient (Wildman–Crippen LogP) is 2.72. The third kappa shape index (κ3) is 2.55. The molecule has 2 rings (SSSR count). The van der Waals surface area contributed by atoms with Crippen LogP contribution in [0, 0.1) is 19.7 Å². The Morgan fingerprint density at radius 2 is 2.24 bits per heavy atom. The molecule has 0 aliphatic rings. The molecule has 0 saturated heterocycles. The van der Waals surface area contributed by atoms with E-state index in [0.717, 1.165) is 21.8 Å². The Hall–Kier alpha value is -1.62. The maximum atomic E-state index is 13.3. The monoisotopic (exact) mass is 250 g/mol.